The number of nitrogens with two attached hydrogens (primary N) is 1. The number of pyridine rings is 1. The first-order valence-corrected chi connectivity index (χ1v) is 8.85. The predicted octanol–water partition coefficient (Wildman–Crippen LogP) is 0.0126. The Morgan fingerprint density at radius 2 is 2.13 bits per heavy atom. The van der Waals surface area contributed by atoms with Gasteiger partial charge < -0.3 is 15.3 Å². The van der Waals surface area contributed by atoms with Crippen molar-refractivity contribution in [1.82, 2.24) is 4.98 Å². The zero-order valence-electron chi connectivity index (χ0n) is 12.3. The smallest absolute Gasteiger partial charge is 0.271 e. The highest BCUT2D eigenvalue weighted by Gasteiger charge is 2.37. The number of aromatic nitrogens is 1. The highest BCUT2D eigenvalue weighted by atomic mass is 32.2. The van der Waals surface area contributed by atoms with Crippen molar-refractivity contribution in [3.8, 4) is 0 Å². The van der Waals surface area contributed by atoms with E-state index >= 15 is 0 Å². The lowest BCUT2D eigenvalue weighted by Gasteiger charge is -2.08. The lowest BCUT2D eigenvalue weighted by Crippen LogP contribution is -2.26. The molecule has 3 rings (SSSR count). The third-order valence-electron chi connectivity index (χ3n) is 3.68. The summed E-state index contributed by atoms with van der Waals surface area (Å²) in [5.41, 5.74) is 5.52. The van der Waals surface area contributed by atoms with Crippen LogP contribution < -0.4 is 5.73 Å². The van der Waals surface area contributed by atoms with E-state index in [1.807, 2.05) is 0 Å². The molecule has 0 aromatic carbocycles. The van der Waals surface area contributed by atoms with Crippen molar-refractivity contribution in [3.63, 3.8) is 0 Å². The van der Waals surface area contributed by atoms with Gasteiger partial charge in [0.1, 0.15) is 0 Å². The molecule has 1 aromatic rings. The van der Waals surface area contributed by atoms with Crippen molar-refractivity contribution >= 4 is 21.5 Å². The Balaban J connectivity index is 1.79. The van der Waals surface area contributed by atoms with E-state index in [-0.39, 0.29) is 22.1 Å². The SMILES string of the molecule is NC(=O)/C(=N/O[C@@H]1CCOC1)c1ccc(S(=O)(=O)C2CC2)nc1. The van der Waals surface area contributed by atoms with Gasteiger partial charge in [0.05, 0.1) is 18.5 Å². The quantitative estimate of drug-likeness (QED) is 0.576. The van der Waals surface area contributed by atoms with E-state index in [9.17, 15) is 13.2 Å². The van der Waals surface area contributed by atoms with Crippen molar-refractivity contribution in [2.24, 2.45) is 10.9 Å². The number of carbonyl (C=O) groups excluding carboxylic acids is 1. The molecule has 2 N–H and O–H groups in total. The van der Waals surface area contributed by atoms with Gasteiger partial charge >= 0.3 is 0 Å². The summed E-state index contributed by atoms with van der Waals surface area (Å²) in [6.45, 7) is 0.994. The molecule has 0 spiro atoms. The summed E-state index contributed by atoms with van der Waals surface area (Å²) in [6, 6.07) is 2.82. The highest BCUT2D eigenvalue weighted by Crippen LogP contribution is 2.32. The van der Waals surface area contributed by atoms with Crippen LogP contribution in [-0.4, -0.2) is 49.6 Å². The molecule has 1 aliphatic heterocycles. The lowest BCUT2D eigenvalue weighted by atomic mass is 10.2. The molecule has 1 aliphatic carbocycles. The molecule has 0 bridgehead atoms. The van der Waals surface area contributed by atoms with Crippen molar-refractivity contribution in [1.29, 1.82) is 0 Å². The van der Waals surface area contributed by atoms with Gasteiger partial charge in [0.2, 0.25) is 0 Å². The summed E-state index contributed by atoms with van der Waals surface area (Å²) >= 11 is 0. The number of amides is 1. The van der Waals surface area contributed by atoms with Gasteiger partial charge in [-0.3, -0.25) is 4.79 Å². The molecule has 2 aliphatic rings. The van der Waals surface area contributed by atoms with E-state index in [2.05, 4.69) is 10.1 Å². The summed E-state index contributed by atoms with van der Waals surface area (Å²) in [5, 5.41) is 3.45. The number of ether oxygens (including phenoxy) is 1. The van der Waals surface area contributed by atoms with Gasteiger partial charge in [0.25, 0.3) is 5.91 Å². The zero-order valence-corrected chi connectivity index (χ0v) is 13.2. The first-order valence-electron chi connectivity index (χ1n) is 7.30. The van der Waals surface area contributed by atoms with Gasteiger partial charge in [-0.05, 0) is 25.0 Å². The van der Waals surface area contributed by atoms with E-state index in [1.165, 1.54) is 18.3 Å². The highest BCUT2D eigenvalue weighted by molar-refractivity contribution is 7.92. The molecule has 2 fully saturated rings. The van der Waals surface area contributed by atoms with Gasteiger partial charge in [0.15, 0.2) is 26.7 Å². The molecule has 124 valence electrons. The van der Waals surface area contributed by atoms with Crippen LogP contribution in [0.5, 0.6) is 0 Å². The van der Waals surface area contributed by atoms with Crippen LogP contribution in [0, 0.1) is 0 Å². The molecule has 9 heteroatoms. The fourth-order valence-electron chi connectivity index (χ4n) is 2.20. The second-order valence-corrected chi connectivity index (χ2v) is 7.70. The lowest BCUT2D eigenvalue weighted by molar-refractivity contribution is -0.112. The number of carbonyl (C=O) groups is 1. The summed E-state index contributed by atoms with van der Waals surface area (Å²) in [7, 11) is -3.37. The molecule has 8 nitrogen and oxygen atoms in total. The Hall–Kier alpha value is -2.00. The van der Waals surface area contributed by atoms with Crippen LogP contribution in [0.1, 0.15) is 24.8 Å². The minimum atomic E-state index is -3.37. The topological polar surface area (TPSA) is 121 Å². The van der Waals surface area contributed by atoms with Gasteiger partial charge in [-0.1, -0.05) is 5.16 Å². The second-order valence-electron chi connectivity index (χ2n) is 5.52. The Morgan fingerprint density at radius 3 is 2.65 bits per heavy atom. The monoisotopic (exact) mass is 339 g/mol. The number of sulfone groups is 1. The van der Waals surface area contributed by atoms with E-state index in [0.29, 0.717) is 38.0 Å². The number of hydrogen-bond donors (Lipinski definition) is 1. The summed E-state index contributed by atoms with van der Waals surface area (Å²) in [4.78, 5) is 20.7. The average molecular weight is 339 g/mol. The van der Waals surface area contributed by atoms with E-state index in [4.69, 9.17) is 15.3 Å². The Kier molecular flexibility index (Phi) is 4.31. The van der Waals surface area contributed by atoms with Crippen molar-refractivity contribution in [2.75, 3.05) is 13.2 Å². The van der Waals surface area contributed by atoms with Crippen molar-refractivity contribution < 1.29 is 22.8 Å². The largest absolute Gasteiger partial charge is 0.389 e. The van der Waals surface area contributed by atoms with Gasteiger partial charge in [0, 0.05) is 18.2 Å². The summed E-state index contributed by atoms with van der Waals surface area (Å²) in [5.74, 6) is -0.775. The number of nitrogens with zero attached hydrogens (tertiary/aromatic N) is 2. The summed E-state index contributed by atoms with van der Waals surface area (Å²) < 4.78 is 29.3. The molecule has 0 radical (unpaired) electrons. The van der Waals surface area contributed by atoms with E-state index < -0.39 is 15.7 Å². The van der Waals surface area contributed by atoms with Crippen LogP contribution in [0.3, 0.4) is 0 Å². The zero-order chi connectivity index (χ0) is 16.4. The minimum absolute atomic E-state index is 0.00215. The predicted molar refractivity (Wildman–Crippen MR) is 80.5 cm³/mol. The van der Waals surface area contributed by atoms with Crippen LogP contribution in [0.25, 0.3) is 0 Å². The minimum Gasteiger partial charge on any atom is -0.389 e. The van der Waals surface area contributed by atoms with Crippen LogP contribution in [0.15, 0.2) is 28.5 Å². The molecule has 1 aromatic heterocycles. The number of rotatable bonds is 6. The Morgan fingerprint density at radius 1 is 1.35 bits per heavy atom. The average Bonchev–Trinajstić information content (AvgIpc) is 3.27. The summed E-state index contributed by atoms with van der Waals surface area (Å²) in [6.07, 6.45) is 3.07. The first-order chi connectivity index (χ1) is 11.0. The number of primary amides is 1. The van der Waals surface area contributed by atoms with Gasteiger partial charge in [-0.15, -0.1) is 0 Å². The third kappa shape index (κ3) is 3.50. The molecular formula is C14H17N3O5S. The fraction of sp³-hybridized carbons (Fsp3) is 0.500. The van der Waals surface area contributed by atoms with E-state index in [1.54, 1.807) is 0 Å². The third-order valence-corrected chi connectivity index (χ3v) is 5.85. The molecule has 0 unspecified atom stereocenters. The van der Waals surface area contributed by atoms with Crippen LogP contribution in [0.2, 0.25) is 0 Å². The van der Waals surface area contributed by atoms with Crippen LogP contribution in [-0.2, 0) is 24.2 Å². The molecule has 1 saturated heterocycles. The van der Waals surface area contributed by atoms with Crippen LogP contribution in [0.4, 0.5) is 0 Å². The van der Waals surface area contributed by atoms with Crippen molar-refractivity contribution in [2.45, 2.75) is 35.6 Å². The standard InChI is InChI=1S/C14H17N3O5S/c15-14(18)13(17-22-10-5-6-21-8-10)9-1-4-12(16-7-9)23(19,20)11-2-3-11/h1,4,7,10-11H,2-3,5-6,8H2,(H2,15,18)/b17-13+/t10-/m1/s1. The second kappa shape index (κ2) is 6.25. The normalized spacial score (nSPS) is 22.1. The molecule has 2 heterocycles. The molecule has 1 amide bonds. The van der Waals surface area contributed by atoms with Crippen LogP contribution >= 0.6 is 0 Å². The first kappa shape index (κ1) is 15.9. The number of oxime groups is 1. The maximum absolute atomic E-state index is 12.1. The molecular weight excluding hydrogens is 322 g/mol. The molecule has 1 saturated carbocycles. The Bertz CT molecular complexity index is 719. The van der Waals surface area contributed by atoms with Gasteiger partial charge in [-0.25, -0.2) is 13.4 Å². The van der Waals surface area contributed by atoms with Crippen molar-refractivity contribution in [3.05, 3.63) is 23.9 Å². The molecule has 23 heavy (non-hydrogen) atoms. The number of hydrogen-bond acceptors (Lipinski definition) is 7. The maximum Gasteiger partial charge on any atom is 0.271 e. The Labute approximate surface area is 133 Å². The fourth-order valence-corrected chi connectivity index (χ4v) is 3.76. The van der Waals surface area contributed by atoms with Gasteiger partial charge in [-0.2, -0.15) is 0 Å². The maximum atomic E-state index is 12.1. The van der Waals surface area contributed by atoms with E-state index in [0.717, 1.165) is 0 Å². The molecule has 1 atom stereocenters.